The molecule has 1 aliphatic rings. The third-order valence-electron chi connectivity index (χ3n) is 2.95. The Kier molecular flexibility index (Phi) is 7.77. The van der Waals surface area contributed by atoms with E-state index in [1.807, 2.05) is 6.92 Å². The van der Waals surface area contributed by atoms with Crippen LogP contribution in [0.3, 0.4) is 0 Å². The molecule has 4 heteroatoms. The second kappa shape index (κ2) is 8.86. The van der Waals surface area contributed by atoms with Crippen molar-refractivity contribution in [2.45, 2.75) is 39.4 Å². The summed E-state index contributed by atoms with van der Waals surface area (Å²) in [6, 6.07) is 0. The molecule has 0 aromatic heterocycles. The van der Waals surface area contributed by atoms with Crippen molar-refractivity contribution in [2.24, 2.45) is 0 Å². The SMILES string of the molecule is CCOCCCNCCN1C[C@@H](C)O[C@@H](C)C1. The lowest BCUT2D eigenvalue weighted by atomic mass is 10.2. The molecule has 1 N–H and O–H groups in total. The van der Waals surface area contributed by atoms with Crippen LogP contribution < -0.4 is 5.32 Å². The van der Waals surface area contributed by atoms with Gasteiger partial charge in [-0.15, -0.1) is 0 Å². The predicted octanol–water partition coefficient (Wildman–Crippen LogP) is 1.11. The maximum absolute atomic E-state index is 5.71. The van der Waals surface area contributed by atoms with Gasteiger partial charge >= 0.3 is 0 Å². The lowest BCUT2D eigenvalue weighted by Crippen LogP contribution is -2.47. The summed E-state index contributed by atoms with van der Waals surface area (Å²) in [4.78, 5) is 2.48. The summed E-state index contributed by atoms with van der Waals surface area (Å²) < 4.78 is 11.0. The molecule has 1 heterocycles. The van der Waals surface area contributed by atoms with E-state index in [4.69, 9.17) is 9.47 Å². The van der Waals surface area contributed by atoms with E-state index in [2.05, 4.69) is 24.1 Å². The van der Waals surface area contributed by atoms with E-state index in [0.717, 1.165) is 52.4 Å². The van der Waals surface area contributed by atoms with E-state index in [1.165, 1.54) is 0 Å². The number of hydrogen-bond donors (Lipinski definition) is 1. The number of ether oxygens (including phenoxy) is 2. The van der Waals surface area contributed by atoms with Crippen LogP contribution in [-0.4, -0.2) is 63.0 Å². The molecule has 0 aromatic carbocycles. The Bertz CT molecular complexity index is 180. The summed E-state index contributed by atoms with van der Waals surface area (Å²) in [5.74, 6) is 0. The zero-order valence-corrected chi connectivity index (χ0v) is 11.6. The van der Waals surface area contributed by atoms with Gasteiger partial charge in [-0.3, -0.25) is 4.90 Å². The van der Waals surface area contributed by atoms with Crippen LogP contribution in [0.4, 0.5) is 0 Å². The van der Waals surface area contributed by atoms with Crippen LogP contribution in [-0.2, 0) is 9.47 Å². The molecular formula is C13H28N2O2. The summed E-state index contributed by atoms with van der Waals surface area (Å²) in [5.41, 5.74) is 0. The van der Waals surface area contributed by atoms with Gasteiger partial charge in [0.15, 0.2) is 0 Å². The highest BCUT2D eigenvalue weighted by molar-refractivity contribution is 4.73. The molecular weight excluding hydrogens is 216 g/mol. The molecule has 0 radical (unpaired) electrons. The van der Waals surface area contributed by atoms with Gasteiger partial charge < -0.3 is 14.8 Å². The minimum atomic E-state index is 0.372. The van der Waals surface area contributed by atoms with Gasteiger partial charge in [-0.25, -0.2) is 0 Å². The van der Waals surface area contributed by atoms with Crippen molar-refractivity contribution in [3.63, 3.8) is 0 Å². The fourth-order valence-electron chi connectivity index (χ4n) is 2.27. The zero-order chi connectivity index (χ0) is 12.5. The Morgan fingerprint density at radius 3 is 2.59 bits per heavy atom. The van der Waals surface area contributed by atoms with Crippen LogP contribution in [0.25, 0.3) is 0 Å². The molecule has 0 unspecified atom stereocenters. The first kappa shape index (κ1) is 14.9. The van der Waals surface area contributed by atoms with E-state index < -0.39 is 0 Å². The quantitative estimate of drug-likeness (QED) is 0.649. The van der Waals surface area contributed by atoms with Crippen LogP contribution in [0, 0.1) is 0 Å². The van der Waals surface area contributed by atoms with E-state index in [9.17, 15) is 0 Å². The summed E-state index contributed by atoms with van der Waals surface area (Å²) >= 11 is 0. The van der Waals surface area contributed by atoms with E-state index in [1.54, 1.807) is 0 Å². The van der Waals surface area contributed by atoms with E-state index in [-0.39, 0.29) is 0 Å². The number of nitrogens with zero attached hydrogens (tertiary/aromatic N) is 1. The third kappa shape index (κ3) is 6.99. The fraction of sp³-hybridized carbons (Fsp3) is 1.00. The normalized spacial score (nSPS) is 26.3. The van der Waals surface area contributed by atoms with Crippen molar-refractivity contribution in [2.75, 3.05) is 45.9 Å². The van der Waals surface area contributed by atoms with Gasteiger partial charge in [-0.2, -0.15) is 0 Å². The minimum absolute atomic E-state index is 0.372. The molecule has 4 nitrogen and oxygen atoms in total. The number of hydrogen-bond acceptors (Lipinski definition) is 4. The van der Waals surface area contributed by atoms with Crippen LogP contribution in [0.5, 0.6) is 0 Å². The Labute approximate surface area is 106 Å². The van der Waals surface area contributed by atoms with Crippen molar-refractivity contribution >= 4 is 0 Å². The standard InChI is InChI=1S/C13H28N2O2/c1-4-16-9-5-6-14-7-8-15-10-12(2)17-13(3)11-15/h12-14H,4-11H2,1-3H3/t12-,13+. The second-order valence-electron chi connectivity index (χ2n) is 4.82. The van der Waals surface area contributed by atoms with Gasteiger partial charge in [-0.05, 0) is 33.7 Å². The molecule has 102 valence electrons. The Hall–Kier alpha value is -0.160. The third-order valence-corrected chi connectivity index (χ3v) is 2.95. The maximum atomic E-state index is 5.71. The fourth-order valence-corrected chi connectivity index (χ4v) is 2.27. The molecule has 0 aliphatic carbocycles. The van der Waals surface area contributed by atoms with E-state index in [0.29, 0.717) is 12.2 Å². The van der Waals surface area contributed by atoms with E-state index >= 15 is 0 Å². The first-order chi connectivity index (χ1) is 8.22. The van der Waals surface area contributed by atoms with Crippen molar-refractivity contribution in [3.05, 3.63) is 0 Å². The molecule has 0 bridgehead atoms. The molecule has 1 rings (SSSR count). The summed E-state index contributed by atoms with van der Waals surface area (Å²) in [7, 11) is 0. The van der Waals surface area contributed by atoms with Gasteiger partial charge in [0.1, 0.15) is 0 Å². The largest absolute Gasteiger partial charge is 0.382 e. The van der Waals surface area contributed by atoms with Crippen molar-refractivity contribution < 1.29 is 9.47 Å². The van der Waals surface area contributed by atoms with Crippen LogP contribution in [0.1, 0.15) is 27.2 Å². The van der Waals surface area contributed by atoms with Crippen molar-refractivity contribution in [1.29, 1.82) is 0 Å². The minimum Gasteiger partial charge on any atom is -0.382 e. The van der Waals surface area contributed by atoms with Crippen LogP contribution in [0.15, 0.2) is 0 Å². The lowest BCUT2D eigenvalue weighted by molar-refractivity contribution is -0.0674. The summed E-state index contributed by atoms with van der Waals surface area (Å²) in [6.07, 6.45) is 1.84. The molecule has 1 aliphatic heterocycles. The molecule has 1 saturated heterocycles. The number of morpholine rings is 1. The highest BCUT2D eigenvalue weighted by atomic mass is 16.5. The number of nitrogens with one attached hydrogen (secondary N) is 1. The Balaban J connectivity index is 1.95. The van der Waals surface area contributed by atoms with Gasteiger partial charge in [0.25, 0.3) is 0 Å². The van der Waals surface area contributed by atoms with Crippen LogP contribution >= 0.6 is 0 Å². The highest BCUT2D eigenvalue weighted by Gasteiger charge is 2.21. The smallest absolute Gasteiger partial charge is 0.0678 e. The average Bonchev–Trinajstić information content (AvgIpc) is 2.26. The monoisotopic (exact) mass is 244 g/mol. The molecule has 17 heavy (non-hydrogen) atoms. The topological polar surface area (TPSA) is 33.7 Å². The Morgan fingerprint density at radius 1 is 1.24 bits per heavy atom. The van der Waals surface area contributed by atoms with Crippen LogP contribution in [0.2, 0.25) is 0 Å². The molecule has 0 amide bonds. The number of rotatable bonds is 8. The first-order valence-electron chi connectivity index (χ1n) is 6.88. The zero-order valence-electron chi connectivity index (χ0n) is 11.6. The maximum Gasteiger partial charge on any atom is 0.0678 e. The summed E-state index contributed by atoms with van der Waals surface area (Å²) in [5, 5.41) is 3.46. The lowest BCUT2D eigenvalue weighted by Gasteiger charge is -2.35. The van der Waals surface area contributed by atoms with Crippen molar-refractivity contribution in [1.82, 2.24) is 10.2 Å². The van der Waals surface area contributed by atoms with Gasteiger partial charge in [0.05, 0.1) is 12.2 Å². The molecule has 0 spiro atoms. The second-order valence-corrected chi connectivity index (χ2v) is 4.82. The Morgan fingerprint density at radius 2 is 1.94 bits per heavy atom. The molecule has 2 atom stereocenters. The van der Waals surface area contributed by atoms with Crippen molar-refractivity contribution in [3.8, 4) is 0 Å². The molecule has 1 fully saturated rings. The summed E-state index contributed by atoms with van der Waals surface area (Å²) in [6.45, 7) is 13.4. The molecule has 0 aromatic rings. The predicted molar refractivity (Wildman–Crippen MR) is 70.4 cm³/mol. The van der Waals surface area contributed by atoms with Gasteiger partial charge in [0.2, 0.25) is 0 Å². The highest BCUT2D eigenvalue weighted by Crippen LogP contribution is 2.09. The van der Waals surface area contributed by atoms with Gasteiger partial charge in [-0.1, -0.05) is 0 Å². The first-order valence-corrected chi connectivity index (χ1v) is 6.88. The average molecular weight is 244 g/mol. The molecule has 0 saturated carbocycles. The van der Waals surface area contributed by atoms with Gasteiger partial charge in [0, 0.05) is 39.4 Å².